The minimum Gasteiger partial charge on any atom is -0.264 e. The van der Waals surface area contributed by atoms with Gasteiger partial charge < -0.3 is 0 Å². The van der Waals surface area contributed by atoms with Gasteiger partial charge in [0.25, 0.3) is 0 Å². The Morgan fingerprint density at radius 2 is 1.63 bits per heavy atom. The van der Waals surface area contributed by atoms with Gasteiger partial charge >= 0.3 is 10.4 Å². The van der Waals surface area contributed by atoms with Crippen LogP contribution >= 0.6 is 0 Å². The van der Waals surface area contributed by atoms with Gasteiger partial charge in [0.15, 0.2) is 0 Å². The van der Waals surface area contributed by atoms with Gasteiger partial charge in [0.1, 0.15) is 0 Å². The van der Waals surface area contributed by atoms with Crippen LogP contribution in [0.4, 0.5) is 0 Å². The fraction of sp³-hybridized carbons (Fsp3) is 0.933. The molecule has 8 atom stereocenters. The second kappa shape index (κ2) is 8.83. The van der Waals surface area contributed by atoms with Crippen LogP contribution in [0.3, 0.4) is 0 Å². The van der Waals surface area contributed by atoms with Gasteiger partial charge in [-0.2, -0.15) is 8.42 Å². The van der Waals surface area contributed by atoms with Gasteiger partial charge in [0.05, 0.1) is 6.10 Å². The van der Waals surface area contributed by atoms with Crippen LogP contribution in [0.1, 0.15) is 126 Å². The van der Waals surface area contributed by atoms with Crippen molar-refractivity contribution < 1.29 is 17.2 Å². The summed E-state index contributed by atoms with van der Waals surface area (Å²) in [6.07, 6.45) is 14.6. The molecule has 0 unspecified atom stereocenters. The average Bonchev–Trinajstić information content (AvgIpc) is 3.02. The molecule has 0 aromatic carbocycles. The first-order valence-electron chi connectivity index (χ1n) is 14.4. The first-order valence-corrected chi connectivity index (χ1v) is 15.7. The lowest BCUT2D eigenvalue weighted by atomic mass is 9.31. The van der Waals surface area contributed by atoms with E-state index in [1.807, 2.05) is 0 Å². The molecule has 0 radical (unpaired) electrons. The Morgan fingerprint density at radius 1 is 0.943 bits per heavy atom. The highest BCUT2D eigenvalue weighted by Gasteiger charge is 2.73. The molecule has 0 aromatic heterocycles. The van der Waals surface area contributed by atoms with Crippen molar-refractivity contribution in [3.05, 3.63) is 11.6 Å². The lowest BCUT2D eigenvalue weighted by Gasteiger charge is -2.73. The van der Waals surface area contributed by atoms with Crippen molar-refractivity contribution in [2.24, 2.45) is 44.8 Å². The smallest absolute Gasteiger partial charge is 0.264 e. The van der Waals surface area contributed by atoms with Crippen molar-refractivity contribution in [3.63, 3.8) is 0 Å². The third kappa shape index (κ3) is 4.00. The van der Waals surface area contributed by atoms with E-state index in [1.54, 1.807) is 0 Å². The largest absolute Gasteiger partial charge is 0.397 e. The summed E-state index contributed by atoms with van der Waals surface area (Å²) in [5.74, 6) is 2.38. The molecule has 5 heteroatoms. The normalized spacial score (nSPS) is 46.5. The maximum Gasteiger partial charge on any atom is 0.397 e. The zero-order chi connectivity index (χ0) is 26.1. The number of allylic oxidation sites excluding steroid dienone is 1. The molecule has 0 heterocycles. The topological polar surface area (TPSA) is 63.6 Å². The van der Waals surface area contributed by atoms with Crippen LogP contribution in [-0.2, 0) is 14.6 Å². The zero-order valence-electron chi connectivity index (χ0n) is 23.7. The van der Waals surface area contributed by atoms with Crippen LogP contribution in [0.25, 0.3) is 0 Å². The number of fused-ring (bicyclic) bond motifs is 5. The summed E-state index contributed by atoms with van der Waals surface area (Å²) >= 11 is 0. The molecule has 4 aliphatic rings. The minimum atomic E-state index is -4.41. The maximum atomic E-state index is 11.4. The van der Waals surface area contributed by atoms with Gasteiger partial charge in [0, 0.05) is 0 Å². The van der Waals surface area contributed by atoms with Crippen molar-refractivity contribution in [2.45, 2.75) is 132 Å². The molecule has 4 nitrogen and oxygen atoms in total. The molecule has 1 N–H and O–H groups in total. The van der Waals surface area contributed by atoms with Gasteiger partial charge in [-0.3, -0.25) is 4.55 Å². The van der Waals surface area contributed by atoms with E-state index >= 15 is 0 Å². The van der Waals surface area contributed by atoms with Crippen molar-refractivity contribution in [3.8, 4) is 0 Å². The number of hydrogen-bond acceptors (Lipinski definition) is 3. The summed E-state index contributed by atoms with van der Waals surface area (Å²) < 4.78 is 37.1. The molecule has 0 saturated heterocycles. The molecule has 0 aromatic rings. The monoisotopic (exact) mass is 508 g/mol. The van der Waals surface area contributed by atoms with Crippen molar-refractivity contribution in [1.29, 1.82) is 0 Å². The predicted molar refractivity (Wildman–Crippen MR) is 143 cm³/mol. The second-order valence-electron chi connectivity index (χ2n) is 14.5. The summed E-state index contributed by atoms with van der Waals surface area (Å²) in [4.78, 5) is 0. The quantitative estimate of drug-likeness (QED) is 0.277. The van der Waals surface area contributed by atoms with Crippen LogP contribution in [0, 0.1) is 44.8 Å². The van der Waals surface area contributed by atoms with Crippen LogP contribution < -0.4 is 0 Å². The summed E-state index contributed by atoms with van der Waals surface area (Å²) in [5, 5.41) is 0. The minimum absolute atomic E-state index is 0.0460. The van der Waals surface area contributed by atoms with Crippen LogP contribution in [0.2, 0.25) is 0 Å². The molecular weight excluding hydrogens is 456 g/mol. The Balaban J connectivity index is 1.63. The van der Waals surface area contributed by atoms with E-state index < -0.39 is 16.5 Å². The first-order chi connectivity index (χ1) is 16.0. The molecule has 3 fully saturated rings. The Bertz CT molecular complexity index is 955. The zero-order valence-corrected chi connectivity index (χ0v) is 24.6. The van der Waals surface area contributed by atoms with Crippen molar-refractivity contribution >= 4 is 10.4 Å². The molecule has 4 rings (SSSR count). The highest BCUT2D eigenvalue weighted by molar-refractivity contribution is 7.80. The second-order valence-corrected chi connectivity index (χ2v) is 15.6. The highest BCUT2D eigenvalue weighted by Crippen LogP contribution is 2.81. The Hall–Kier alpha value is -0.390. The van der Waals surface area contributed by atoms with E-state index in [0.29, 0.717) is 18.3 Å². The lowest BCUT2D eigenvalue weighted by molar-refractivity contribution is -0.222. The summed E-state index contributed by atoms with van der Waals surface area (Å²) in [5.41, 5.74) is 2.43. The van der Waals surface area contributed by atoms with E-state index in [0.717, 1.165) is 30.6 Å². The molecular formula is C30H52O4S. The van der Waals surface area contributed by atoms with Crippen molar-refractivity contribution in [1.82, 2.24) is 0 Å². The molecule has 0 bridgehead atoms. The number of hydrogen-bond donors (Lipinski definition) is 1. The molecule has 3 saturated carbocycles. The van der Waals surface area contributed by atoms with E-state index in [2.05, 4.69) is 61.5 Å². The number of rotatable bonds is 7. The van der Waals surface area contributed by atoms with Crippen LogP contribution in [-0.4, -0.2) is 19.1 Å². The average molecular weight is 509 g/mol. The van der Waals surface area contributed by atoms with Crippen LogP contribution in [0.5, 0.6) is 0 Å². The maximum absolute atomic E-state index is 11.4. The van der Waals surface area contributed by atoms with E-state index in [4.69, 9.17) is 4.18 Å². The molecule has 0 spiro atoms. The molecule has 202 valence electrons. The van der Waals surface area contributed by atoms with E-state index in [1.165, 1.54) is 50.5 Å². The molecule has 0 amide bonds. The molecule has 4 aliphatic carbocycles. The van der Waals surface area contributed by atoms with Gasteiger partial charge in [0.2, 0.25) is 0 Å². The predicted octanol–water partition coefficient (Wildman–Crippen LogP) is 8.39. The molecule has 0 aliphatic heterocycles. The standard InChI is InChI=1S/C30H52O4S/c1-21(2)10-9-11-22(3)25-14-17-28(6)27(25,5)18-19-29(7)26(4)15-13-24(34-35(31,32)33)20-23(26)12-16-30(28,29)8/h12,21-22,24-25H,9-11,13-20H2,1-8H3,(H,31,32,33)/t22-,24+,25-,26+,27-,28-,29-,30+/m1/s1. The summed E-state index contributed by atoms with van der Waals surface area (Å²) in [6, 6.07) is 0. The van der Waals surface area contributed by atoms with Gasteiger partial charge in [-0.15, -0.1) is 0 Å². The Labute approximate surface area is 216 Å². The fourth-order valence-corrected chi connectivity index (χ4v) is 10.7. The first kappa shape index (κ1) is 27.6. The lowest BCUT2D eigenvalue weighted by Crippen LogP contribution is -2.66. The van der Waals surface area contributed by atoms with E-state index in [9.17, 15) is 13.0 Å². The third-order valence-corrected chi connectivity index (χ3v) is 13.6. The van der Waals surface area contributed by atoms with Gasteiger partial charge in [-0.25, -0.2) is 4.18 Å². The highest BCUT2D eigenvalue weighted by atomic mass is 32.3. The Kier molecular flexibility index (Phi) is 6.98. The molecule has 35 heavy (non-hydrogen) atoms. The van der Waals surface area contributed by atoms with Gasteiger partial charge in [-0.05, 0) is 96.2 Å². The van der Waals surface area contributed by atoms with Crippen molar-refractivity contribution in [2.75, 3.05) is 0 Å². The Morgan fingerprint density at radius 3 is 2.26 bits per heavy atom. The fourth-order valence-electron chi connectivity index (χ4n) is 10.2. The van der Waals surface area contributed by atoms with E-state index in [-0.39, 0.29) is 21.7 Å². The third-order valence-electron chi connectivity index (χ3n) is 13.1. The SMILES string of the molecule is CC(C)CCC[C@@H](C)[C@H]1CC[C@@]2(C)[C@]3(C)CC=C4C[C@@H](OS(=O)(=O)O)CC[C@]4(C)[C@@]3(C)CC[C@]12C. The summed E-state index contributed by atoms with van der Waals surface area (Å²) in [7, 11) is -4.41. The van der Waals surface area contributed by atoms with Gasteiger partial charge in [-0.1, -0.05) is 86.3 Å². The van der Waals surface area contributed by atoms with Crippen LogP contribution in [0.15, 0.2) is 11.6 Å². The summed E-state index contributed by atoms with van der Waals surface area (Å²) in [6.45, 7) is 20.1.